The molecular formula is C25H40N4O4Si. The number of carbonyl (C=O) groups excluding carboxylic acids is 2. The molecule has 1 aromatic carbocycles. The predicted octanol–water partition coefficient (Wildman–Crippen LogP) is 4.61. The number of hydrogen-bond donors (Lipinski definition) is 1. The lowest BCUT2D eigenvalue weighted by atomic mass is 10.0. The first kappa shape index (κ1) is 27.7. The zero-order valence-electron chi connectivity index (χ0n) is 21.5. The fourth-order valence-electron chi connectivity index (χ4n) is 3.54. The number of piperazine rings is 1. The van der Waals surface area contributed by atoms with Crippen molar-refractivity contribution in [2.45, 2.75) is 64.5 Å². The maximum Gasteiger partial charge on any atom is 0.410 e. The van der Waals surface area contributed by atoms with E-state index in [1.165, 1.54) is 0 Å². The number of hydrogen-bond acceptors (Lipinski definition) is 6. The Labute approximate surface area is 205 Å². The molecule has 8 nitrogen and oxygen atoms in total. The topological polar surface area (TPSA) is 94.9 Å². The van der Waals surface area contributed by atoms with Gasteiger partial charge in [-0.15, -0.1) is 0 Å². The predicted molar refractivity (Wildman–Crippen MR) is 135 cm³/mol. The van der Waals surface area contributed by atoms with E-state index in [1.807, 2.05) is 32.9 Å². The second kappa shape index (κ2) is 12.2. The van der Waals surface area contributed by atoms with Crippen molar-refractivity contribution in [1.82, 2.24) is 15.1 Å². The van der Waals surface area contributed by atoms with Gasteiger partial charge >= 0.3 is 12.2 Å². The first-order chi connectivity index (χ1) is 15.9. The van der Waals surface area contributed by atoms with Gasteiger partial charge in [0, 0.05) is 40.8 Å². The number of alkyl carbamates (subject to hydrolysis) is 1. The van der Waals surface area contributed by atoms with Gasteiger partial charge in [-0.05, 0) is 50.9 Å². The normalized spacial score (nSPS) is 15.9. The fraction of sp³-hybridized carbons (Fsp3) is 0.640. The Bertz CT molecular complexity index is 848. The van der Waals surface area contributed by atoms with E-state index >= 15 is 0 Å². The molecule has 1 atom stereocenters. The molecule has 0 bridgehead atoms. The average molecular weight is 489 g/mol. The zero-order chi connectivity index (χ0) is 25.4. The summed E-state index contributed by atoms with van der Waals surface area (Å²) in [6.45, 7) is 16.3. The third kappa shape index (κ3) is 10.1. The molecule has 1 aliphatic rings. The van der Waals surface area contributed by atoms with Gasteiger partial charge in [-0.2, -0.15) is 5.26 Å². The summed E-state index contributed by atoms with van der Waals surface area (Å²) in [7, 11) is -1.28. The van der Waals surface area contributed by atoms with Gasteiger partial charge in [0.25, 0.3) is 0 Å². The van der Waals surface area contributed by atoms with Crippen LogP contribution in [0.15, 0.2) is 24.3 Å². The minimum absolute atomic E-state index is 0.226. The largest absolute Gasteiger partial charge is 0.450 e. The highest BCUT2D eigenvalue weighted by Crippen LogP contribution is 2.20. The lowest BCUT2D eigenvalue weighted by Crippen LogP contribution is -2.50. The summed E-state index contributed by atoms with van der Waals surface area (Å²) >= 11 is 0. The van der Waals surface area contributed by atoms with Gasteiger partial charge in [0.15, 0.2) is 0 Å². The van der Waals surface area contributed by atoms with Crippen molar-refractivity contribution >= 4 is 20.3 Å². The highest BCUT2D eigenvalue weighted by molar-refractivity contribution is 6.76. The number of benzene rings is 1. The highest BCUT2D eigenvalue weighted by Gasteiger charge is 2.26. The second-order valence-corrected chi connectivity index (χ2v) is 16.6. The number of rotatable bonds is 8. The molecule has 1 N–H and O–H groups in total. The number of nitrogens with one attached hydrogen (secondary N) is 1. The fourth-order valence-corrected chi connectivity index (χ4v) is 4.25. The Balaban J connectivity index is 1.92. The molecule has 188 valence electrons. The molecule has 2 amide bonds. The first-order valence-electron chi connectivity index (χ1n) is 12.0. The van der Waals surface area contributed by atoms with Crippen molar-refractivity contribution in [3.8, 4) is 6.07 Å². The Hall–Kier alpha value is -2.57. The van der Waals surface area contributed by atoms with Crippen LogP contribution in [0.2, 0.25) is 25.7 Å². The zero-order valence-corrected chi connectivity index (χ0v) is 22.5. The summed E-state index contributed by atoms with van der Waals surface area (Å²) in [4.78, 5) is 28.8. The summed E-state index contributed by atoms with van der Waals surface area (Å²) in [5.74, 6) is 0. The number of amides is 2. The second-order valence-electron chi connectivity index (χ2n) is 11.0. The van der Waals surface area contributed by atoms with Crippen molar-refractivity contribution in [2.24, 2.45) is 0 Å². The third-order valence-corrected chi connectivity index (χ3v) is 7.28. The molecule has 34 heavy (non-hydrogen) atoms. The molecule has 0 saturated carbocycles. The van der Waals surface area contributed by atoms with Crippen LogP contribution in [0.4, 0.5) is 9.59 Å². The van der Waals surface area contributed by atoms with Crippen LogP contribution in [-0.4, -0.2) is 75.0 Å². The van der Waals surface area contributed by atoms with Gasteiger partial charge in [-0.25, -0.2) is 9.59 Å². The van der Waals surface area contributed by atoms with Crippen LogP contribution in [0, 0.1) is 11.3 Å². The monoisotopic (exact) mass is 488 g/mol. The van der Waals surface area contributed by atoms with Crippen molar-refractivity contribution < 1.29 is 19.1 Å². The van der Waals surface area contributed by atoms with Crippen molar-refractivity contribution in [2.75, 3.05) is 39.3 Å². The molecule has 1 saturated heterocycles. The maximum atomic E-state index is 12.5. The molecular weight excluding hydrogens is 448 g/mol. The van der Waals surface area contributed by atoms with Gasteiger partial charge < -0.3 is 19.7 Å². The standard InChI is InChI=1S/C25H40N4O4Si/c1-25(2,3)33-24(31)29-15-13-28(14-16-29)12-11-22(21-9-7-20(19-26)8-10-21)27-23(30)32-17-18-34(4,5)6/h7-10,22H,11-18H2,1-6H3,(H,27,30)/t22-/m0/s1. The molecule has 0 radical (unpaired) electrons. The van der Waals surface area contributed by atoms with E-state index in [2.05, 4.69) is 35.9 Å². The Morgan fingerprint density at radius 2 is 1.74 bits per heavy atom. The molecule has 1 heterocycles. The van der Waals surface area contributed by atoms with E-state index < -0.39 is 19.8 Å². The number of nitrogens with zero attached hydrogens (tertiary/aromatic N) is 3. The molecule has 1 aliphatic heterocycles. The first-order valence-corrected chi connectivity index (χ1v) is 15.7. The summed E-state index contributed by atoms with van der Waals surface area (Å²) < 4.78 is 10.9. The summed E-state index contributed by atoms with van der Waals surface area (Å²) in [6, 6.07) is 10.1. The van der Waals surface area contributed by atoms with Crippen LogP contribution in [-0.2, 0) is 9.47 Å². The third-order valence-electron chi connectivity index (χ3n) is 5.58. The number of ether oxygens (including phenoxy) is 2. The van der Waals surface area contributed by atoms with Crippen LogP contribution in [0.1, 0.15) is 44.4 Å². The molecule has 0 unspecified atom stereocenters. The average Bonchev–Trinajstić information content (AvgIpc) is 2.75. The van der Waals surface area contributed by atoms with Crippen LogP contribution in [0.25, 0.3) is 0 Å². The molecule has 2 rings (SSSR count). The van der Waals surface area contributed by atoms with Gasteiger partial charge in [-0.3, -0.25) is 4.90 Å². The van der Waals surface area contributed by atoms with Gasteiger partial charge in [-0.1, -0.05) is 31.8 Å². The van der Waals surface area contributed by atoms with Crippen LogP contribution >= 0.6 is 0 Å². The van der Waals surface area contributed by atoms with E-state index in [-0.39, 0.29) is 12.1 Å². The van der Waals surface area contributed by atoms with Crippen LogP contribution in [0.3, 0.4) is 0 Å². The van der Waals surface area contributed by atoms with Gasteiger partial charge in [0.05, 0.1) is 24.3 Å². The van der Waals surface area contributed by atoms with Crippen molar-refractivity contribution in [1.29, 1.82) is 5.26 Å². The number of carbonyl (C=O) groups is 2. The van der Waals surface area contributed by atoms with E-state index in [0.29, 0.717) is 31.7 Å². The van der Waals surface area contributed by atoms with E-state index in [4.69, 9.17) is 14.7 Å². The summed E-state index contributed by atoms with van der Waals surface area (Å²) in [5.41, 5.74) is 1.02. The summed E-state index contributed by atoms with van der Waals surface area (Å²) in [6.07, 6.45) is 0.00857. The van der Waals surface area contributed by atoms with Crippen LogP contribution in [0.5, 0.6) is 0 Å². The molecule has 0 aliphatic carbocycles. The summed E-state index contributed by atoms with van der Waals surface area (Å²) in [5, 5.41) is 12.1. The van der Waals surface area contributed by atoms with E-state index in [0.717, 1.165) is 31.2 Å². The van der Waals surface area contributed by atoms with Crippen LogP contribution < -0.4 is 5.32 Å². The Morgan fingerprint density at radius 3 is 2.26 bits per heavy atom. The maximum absolute atomic E-state index is 12.5. The van der Waals surface area contributed by atoms with Gasteiger partial charge in [0.2, 0.25) is 0 Å². The SMILES string of the molecule is CC(C)(C)OC(=O)N1CCN(CC[C@H](NC(=O)OCC[Si](C)(C)C)c2ccc(C#N)cc2)CC1. The molecule has 0 spiro atoms. The lowest BCUT2D eigenvalue weighted by Gasteiger charge is -2.36. The van der Waals surface area contributed by atoms with Crippen molar-refractivity contribution in [3.05, 3.63) is 35.4 Å². The van der Waals surface area contributed by atoms with E-state index in [9.17, 15) is 9.59 Å². The minimum Gasteiger partial charge on any atom is -0.450 e. The van der Waals surface area contributed by atoms with Crippen molar-refractivity contribution in [3.63, 3.8) is 0 Å². The quantitative estimate of drug-likeness (QED) is 0.537. The Morgan fingerprint density at radius 1 is 1.12 bits per heavy atom. The highest BCUT2D eigenvalue weighted by atomic mass is 28.3. The minimum atomic E-state index is -1.28. The number of nitriles is 1. The Kier molecular flexibility index (Phi) is 9.95. The lowest BCUT2D eigenvalue weighted by molar-refractivity contribution is 0.0142. The molecule has 1 fully saturated rings. The molecule has 9 heteroatoms. The molecule has 0 aromatic heterocycles. The smallest absolute Gasteiger partial charge is 0.410 e. The van der Waals surface area contributed by atoms with Gasteiger partial charge in [0.1, 0.15) is 5.60 Å². The molecule has 1 aromatic rings. The van der Waals surface area contributed by atoms with E-state index in [1.54, 1.807) is 17.0 Å².